The van der Waals surface area contributed by atoms with Gasteiger partial charge in [-0.05, 0) is 12.8 Å². The predicted molar refractivity (Wildman–Crippen MR) is 43.8 cm³/mol. The molecule has 0 saturated heterocycles. The number of oxime groups is 2. The van der Waals surface area contributed by atoms with E-state index in [-0.39, 0.29) is 10.9 Å². The zero-order valence-corrected chi connectivity index (χ0v) is 7.04. The van der Waals surface area contributed by atoms with Crippen LogP contribution in [0.1, 0.15) is 26.2 Å². The van der Waals surface area contributed by atoms with Crippen LogP contribution in [0.4, 0.5) is 0 Å². The molecular formula is C6H11ClN2O2. The Morgan fingerprint density at radius 2 is 2.00 bits per heavy atom. The van der Waals surface area contributed by atoms with Gasteiger partial charge in [0.25, 0.3) is 0 Å². The van der Waals surface area contributed by atoms with Gasteiger partial charge >= 0.3 is 0 Å². The largest absolute Gasteiger partial charge is 0.411 e. The molecule has 0 rings (SSSR count). The fourth-order valence-corrected chi connectivity index (χ4v) is 0.729. The fourth-order valence-electron chi connectivity index (χ4n) is 0.596. The zero-order valence-electron chi connectivity index (χ0n) is 6.29. The van der Waals surface area contributed by atoms with Crippen molar-refractivity contribution in [2.45, 2.75) is 26.2 Å². The van der Waals surface area contributed by atoms with Gasteiger partial charge < -0.3 is 10.4 Å². The number of rotatable bonds is 4. The lowest BCUT2D eigenvalue weighted by Gasteiger charge is -1.97. The van der Waals surface area contributed by atoms with Crippen molar-refractivity contribution in [1.29, 1.82) is 0 Å². The summed E-state index contributed by atoms with van der Waals surface area (Å²) in [5.74, 6) is 0. The second kappa shape index (κ2) is 5.97. The maximum Gasteiger partial charge on any atom is 0.193 e. The number of nitrogens with zero attached hydrogens (tertiary/aromatic N) is 2. The summed E-state index contributed by atoms with van der Waals surface area (Å²) < 4.78 is 0. The molecule has 0 aliphatic heterocycles. The Kier molecular flexibility index (Phi) is 5.56. The van der Waals surface area contributed by atoms with E-state index in [9.17, 15) is 0 Å². The summed E-state index contributed by atoms with van der Waals surface area (Å²) >= 11 is 5.38. The SMILES string of the molecule is CCCCC(=N/O)/C(Cl)=N\O. The first-order valence-corrected chi connectivity index (χ1v) is 3.72. The van der Waals surface area contributed by atoms with E-state index >= 15 is 0 Å². The van der Waals surface area contributed by atoms with E-state index in [4.69, 9.17) is 22.0 Å². The van der Waals surface area contributed by atoms with Gasteiger partial charge in [-0.2, -0.15) is 0 Å². The first kappa shape index (κ1) is 10.2. The van der Waals surface area contributed by atoms with Crippen LogP contribution in [-0.4, -0.2) is 21.3 Å². The van der Waals surface area contributed by atoms with Gasteiger partial charge in [0.15, 0.2) is 5.17 Å². The summed E-state index contributed by atoms with van der Waals surface area (Å²) in [6.07, 6.45) is 2.34. The molecule has 64 valence electrons. The molecule has 0 spiro atoms. The standard InChI is InChI=1S/C6H11ClN2O2/c1-2-3-4-5(8-10)6(7)9-11/h10-11H,2-4H2,1H3/b8-5-,9-6+. The smallest absolute Gasteiger partial charge is 0.193 e. The maximum atomic E-state index is 8.37. The summed E-state index contributed by atoms with van der Waals surface area (Å²) in [5.41, 5.74) is 0.219. The van der Waals surface area contributed by atoms with Crippen LogP contribution in [0.25, 0.3) is 0 Å². The van der Waals surface area contributed by atoms with Crippen LogP contribution < -0.4 is 0 Å². The lowest BCUT2D eigenvalue weighted by Crippen LogP contribution is -2.07. The van der Waals surface area contributed by atoms with Crippen LogP contribution in [0.3, 0.4) is 0 Å². The van der Waals surface area contributed by atoms with E-state index < -0.39 is 0 Å². The minimum atomic E-state index is -0.152. The van der Waals surface area contributed by atoms with E-state index in [0.29, 0.717) is 6.42 Å². The summed E-state index contributed by atoms with van der Waals surface area (Å²) in [5, 5.41) is 22.0. The highest BCUT2D eigenvalue weighted by Crippen LogP contribution is 2.01. The molecule has 11 heavy (non-hydrogen) atoms. The summed E-state index contributed by atoms with van der Waals surface area (Å²) in [6.45, 7) is 2.00. The van der Waals surface area contributed by atoms with Crippen LogP contribution in [-0.2, 0) is 0 Å². The van der Waals surface area contributed by atoms with E-state index in [1.165, 1.54) is 0 Å². The van der Waals surface area contributed by atoms with Gasteiger partial charge in [0.1, 0.15) is 5.71 Å². The summed E-state index contributed by atoms with van der Waals surface area (Å²) in [4.78, 5) is 0. The molecule has 0 bridgehead atoms. The van der Waals surface area contributed by atoms with Gasteiger partial charge in [-0.15, -0.1) is 0 Å². The second-order valence-corrected chi connectivity index (χ2v) is 2.40. The molecule has 0 saturated carbocycles. The van der Waals surface area contributed by atoms with Gasteiger partial charge in [-0.1, -0.05) is 35.3 Å². The third kappa shape index (κ3) is 3.83. The topological polar surface area (TPSA) is 65.2 Å². The molecule has 0 aliphatic carbocycles. The van der Waals surface area contributed by atoms with Crippen LogP contribution in [0.5, 0.6) is 0 Å². The van der Waals surface area contributed by atoms with Crippen molar-refractivity contribution in [1.82, 2.24) is 0 Å². The minimum Gasteiger partial charge on any atom is -0.411 e. The molecule has 0 aromatic carbocycles. The Hall–Kier alpha value is -0.770. The zero-order chi connectivity index (χ0) is 8.69. The number of hydrogen-bond donors (Lipinski definition) is 2. The Morgan fingerprint density at radius 1 is 1.36 bits per heavy atom. The molecule has 0 aromatic heterocycles. The van der Waals surface area contributed by atoms with E-state index in [0.717, 1.165) is 12.8 Å². The van der Waals surface area contributed by atoms with Gasteiger partial charge in [-0.25, -0.2) is 0 Å². The van der Waals surface area contributed by atoms with Crippen molar-refractivity contribution in [3.8, 4) is 0 Å². The highest BCUT2D eigenvalue weighted by molar-refractivity contribution is 6.83. The predicted octanol–water partition coefficient (Wildman–Crippen LogP) is 2.03. The molecule has 0 amide bonds. The van der Waals surface area contributed by atoms with Crippen LogP contribution in [0.2, 0.25) is 0 Å². The first-order valence-electron chi connectivity index (χ1n) is 3.35. The van der Waals surface area contributed by atoms with Crippen LogP contribution in [0, 0.1) is 0 Å². The van der Waals surface area contributed by atoms with E-state index in [1.54, 1.807) is 0 Å². The Labute approximate surface area is 70.2 Å². The molecule has 0 unspecified atom stereocenters. The summed E-state index contributed by atoms with van der Waals surface area (Å²) in [7, 11) is 0. The average Bonchev–Trinajstić information content (AvgIpc) is 2.05. The molecular weight excluding hydrogens is 168 g/mol. The Morgan fingerprint density at radius 3 is 2.36 bits per heavy atom. The highest BCUT2D eigenvalue weighted by atomic mass is 35.5. The first-order chi connectivity index (χ1) is 5.26. The number of halogens is 1. The third-order valence-corrected chi connectivity index (χ3v) is 1.51. The van der Waals surface area contributed by atoms with Crippen LogP contribution in [0.15, 0.2) is 10.3 Å². The van der Waals surface area contributed by atoms with Gasteiger partial charge in [0.05, 0.1) is 0 Å². The van der Waals surface area contributed by atoms with Gasteiger partial charge in [-0.3, -0.25) is 0 Å². The van der Waals surface area contributed by atoms with E-state index in [2.05, 4.69) is 10.3 Å². The molecule has 0 aromatic rings. The molecule has 0 fully saturated rings. The lowest BCUT2D eigenvalue weighted by atomic mass is 10.2. The van der Waals surface area contributed by atoms with Crippen molar-refractivity contribution < 1.29 is 10.4 Å². The molecule has 0 heterocycles. The van der Waals surface area contributed by atoms with Crippen molar-refractivity contribution in [2.75, 3.05) is 0 Å². The fraction of sp³-hybridized carbons (Fsp3) is 0.667. The monoisotopic (exact) mass is 178 g/mol. The lowest BCUT2D eigenvalue weighted by molar-refractivity contribution is 0.314. The highest BCUT2D eigenvalue weighted by Gasteiger charge is 2.05. The number of hydrogen-bond acceptors (Lipinski definition) is 4. The summed E-state index contributed by atoms with van der Waals surface area (Å²) in [6, 6.07) is 0. The quantitative estimate of drug-likeness (QED) is 0.393. The average molecular weight is 179 g/mol. The van der Waals surface area contributed by atoms with E-state index in [1.807, 2.05) is 6.92 Å². The molecule has 2 N–H and O–H groups in total. The molecule has 0 aliphatic rings. The van der Waals surface area contributed by atoms with Crippen LogP contribution >= 0.6 is 11.6 Å². The number of unbranched alkanes of at least 4 members (excludes halogenated alkanes) is 1. The van der Waals surface area contributed by atoms with Crippen molar-refractivity contribution >= 4 is 22.5 Å². The van der Waals surface area contributed by atoms with Crippen molar-refractivity contribution in [3.63, 3.8) is 0 Å². The van der Waals surface area contributed by atoms with Gasteiger partial charge in [0, 0.05) is 0 Å². The Balaban J connectivity index is 3.98. The normalized spacial score (nSPS) is 13.6. The molecule has 0 radical (unpaired) electrons. The van der Waals surface area contributed by atoms with Crippen molar-refractivity contribution in [2.24, 2.45) is 10.3 Å². The molecule has 4 nitrogen and oxygen atoms in total. The molecule has 0 atom stereocenters. The van der Waals surface area contributed by atoms with Gasteiger partial charge in [0.2, 0.25) is 0 Å². The Bertz CT molecular complexity index is 168. The second-order valence-electron chi connectivity index (χ2n) is 2.04. The molecule has 5 heteroatoms. The minimum absolute atomic E-state index is 0.152. The maximum absolute atomic E-state index is 8.37. The third-order valence-electron chi connectivity index (χ3n) is 1.21. The van der Waals surface area contributed by atoms with Crippen molar-refractivity contribution in [3.05, 3.63) is 0 Å².